The van der Waals surface area contributed by atoms with E-state index in [0.29, 0.717) is 29.4 Å². The number of hydrogen-bond donors (Lipinski definition) is 2. The van der Waals surface area contributed by atoms with E-state index in [1.54, 1.807) is 19.2 Å². The van der Waals surface area contributed by atoms with Crippen LogP contribution in [0.25, 0.3) is 0 Å². The van der Waals surface area contributed by atoms with Crippen LogP contribution in [0.3, 0.4) is 0 Å². The Morgan fingerprint density at radius 1 is 1.47 bits per heavy atom. The van der Waals surface area contributed by atoms with E-state index in [9.17, 15) is 4.79 Å². The molecule has 1 aromatic heterocycles. The lowest BCUT2D eigenvalue weighted by Gasteiger charge is -2.11. The first kappa shape index (κ1) is 12.9. The highest BCUT2D eigenvalue weighted by Crippen LogP contribution is 2.24. The number of carbonyl (C=O) groups is 1. The van der Waals surface area contributed by atoms with E-state index in [0.717, 1.165) is 0 Å². The molecule has 0 spiro atoms. The Bertz CT molecular complexity index is 573. The first-order valence-corrected chi connectivity index (χ1v) is 5.94. The van der Waals surface area contributed by atoms with Crippen molar-refractivity contribution in [2.45, 2.75) is 6.92 Å². The van der Waals surface area contributed by atoms with Gasteiger partial charge in [0.25, 0.3) is 5.91 Å². The third-order valence-corrected chi connectivity index (χ3v) is 2.62. The fraction of sp³-hybridized carbons (Fsp3) is 0.231. The molecule has 0 fully saturated rings. The highest BCUT2D eigenvalue weighted by molar-refractivity contribution is 6.07. The molecule has 0 aliphatic carbocycles. The van der Waals surface area contributed by atoms with E-state index in [1.165, 1.54) is 10.9 Å². The van der Waals surface area contributed by atoms with Crippen molar-refractivity contribution in [3.8, 4) is 5.75 Å². The Morgan fingerprint density at radius 2 is 2.21 bits per heavy atom. The summed E-state index contributed by atoms with van der Waals surface area (Å²) in [5.41, 5.74) is 6.99. The first-order chi connectivity index (χ1) is 9.13. The third kappa shape index (κ3) is 2.67. The Labute approximate surface area is 111 Å². The molecule has 2 rings (SSSR count). The highest BCUT2D eigenvalue weighted by Gasteiger charge is 2.16. The number of rotatable bonds is 4. The Balaban J connectivity index is 2.24. The lowest BCUT2D eigenvalue weighted by molar-refractivity contribution is 0.101. The summed E-state index contributed by atoms with van der Waals surface area (Å²) >= 11 is 0. The lowest BCUT2D eigenvalue weighted by Crippen LogP contribution is -2.18. The molecule has 0 saturated heterocycles. The molecule has 1 aromatic carbocycles. The molecule has 0 unspecified atom stereocenters. The van der Waals surface area contributed by atoms with Gasteiger partial charge in [0.05, 0.1) is 24.2 Å². The van der Waals surface area contributed by atoms with Gasteiger partial charge in [-0.05, 0) is 19.1 Å². The average Bonchev–Trinajstić information content (AvgIpc) is 2.72. The van der Waals surface area contributed by atoms with Gasteiger partial charge in [-0.2, -0.15) is 5.10 Å². The van der Waals surface area contributed by atoms with Crippen molar-refractivity contribution < 1.29 is 9.53 Å². The number of nitrogen functional groups attached to an aromatic ring is 1. The monoisotopic (exact) mass is 260 g/mol. The summed E-state index contributed by atoms with van der Waals surface area (Å²) in [5, 5.41) is 6.71. The highest BCUT2D eigenvalue weighted by atomic mass is 16.5. The van der Waals surface area contributed by atoms with E-state index < -0.39 is 0 Å². The summed E-state index contributed by atoms with van der Waals surface area (Å²) in [6.07, 6.45) is 1.45. The maximum Gasteiger partial charge on any atom is 0.276 e. The van der Waals surface area contributed by atoms with Crippen LogP contribution < -0.4 is 15.8 Å². The largest absolute Gasteiger partial charge is 0.492 e. The number of para-hydroxylation sites is 2. The predicted octanol–water partition coefficient (Wildman–Crippen LogP) is 1.65. The van der Waals surface area contributed by atoms with Gasteiger partial charge < -0.3 is 15.8 Å². The van der Waals surface area contributed by atoms with Gasteiger partial charge in [-0.3, -0.25) is 9.48 Å². The summed E-state index contributed by atoms with van der Waals surface area (Å²) in [5.74, 6) is 0.309. The summed E-state index contributed by atoms with van der Waals surface area (Å²) < 4.78 is 6.89. The number of nitrogens with zero attached hydrogens (tertiary/aromatic N) is 2. The molecule has 0 aliphatic heterocycles. The zero-order valence-electron chi connectivity index (χ0n) is 10.9. The number of aromatic nitrogens is 2. The van der Waals surface area contributed by atoms with Gasteiger partial charge in [-0.1, -0.05) is 12.1 Å². The molecule has 0 atom stereocenters. The van der Waals surface area contributed by atoms with E-state index in [2.05, 4.69) is 10.4 Å². The van der Waals surface area contributed by atoms with E-state index in [1.807, 2.05) is 19.1 Å². The summed E-state index contributed by atoms with van der Waals surface area (Å²) in [7, 11) is 1.67. The fourth-order valence-corrected chi connectivity index (χ4v) is 1.77. The number of nitrogens with one attached hydrogen (secondary N) is 1. The molecule has 6 nitrogen and oxygen atoms in total. The van der Waals surface area contributed by atoms with Crippen molar-refractivity contribution in [3.05, 3.63) is 36.2 Å². The number of ether oxygens (including phenoxy) is 1. The molecule has 1 amide bonds. The van der Waals surface area contributed by atoms with Crippen molar-refractivity contribution >= 4 is 17.3 Å². The van der Waals surface area contributed by atoms with Crippen molar-refractivity contribution in [2.75, 3.05) is 17.7 Å². The quantitative estimate of drug-likeness (QED) is 0.875. The Kier molecular flexibility index (Phi) is 3.70. The van der Waals surface area contributed by atoms with Crippen LogP contribution in [0.1, 0.15) is 17.4 Å². The minimum absolute atomic E-state index is 0.315. The topological polar surface area (TPSA) is 82.2 Å². The molecule has 3 N–H and O–H groups in total. The van der Waals surface area contributed by atoms with Gasteiger partial charge in [-0.25, -0.2) is 0 Å². The molecular formula is C13H16N4O2. The minimum Gasteiger partial charge on any atom is -0.492 e. The van der Waals surface area contributed by atoms with Crippen molar-refractivity contribution in [3.63, 3.8) is 0 Å². The number of amides is 1. The van der Waals surface area contributed by atoms with E-state index in [4.69, 9.17) is 10.5 Å². The number of nitrogens with two attached hydrogens (primary N) is 1. The fourth-order valence-electron chi connectivity index (χ4n) is 1.77. The van der Waals surface area contributed by atoms with Crippen LogP contribution in [0.2, 0.25) is 0 Å². The SMILES string of the molecule is CCOc1ccccc1NC(=O)c1c(N)cnn1C. The second kappa shape index (κ2) is 5.43. The molecule has 0 bridgehead atoms. The molecule has 0 radical (unpaired) electrons. The van der Waals surface area contributed by atoms with Gasteiger partial charge in [0, 0.05) is 7.05 Å². The molecule has 2 aromatic rings. The van der Waals surface area contributed by atoms with Crippen LogP contribution in [-0.2, 0) is 7.05 Å². The van der Waals surface area contributed by atoms with Crippen LogP contribution >= 0.6 is 0 Å². The average molecular weight is 260 g/mol. The van der Waals surface area contributed by atoms with Crippen molar-refractivity contribution in [1.29, 1.82) is 0 Å². The minimum atomic E-state index is -0.315. The standard InChI is InChI=1S/C13H16N4O2/c1-3-19-11-7-5-4-6-10(11)16-13(18)12-9(14)8-15-17(12)2/h4-8H,3,14H2,1-2H3,(H,16,18). The summed E-state index contributed by atoms with van der Waals surface area (Å²) in [4.78, 5) is 12.2. The molecule has 100 valence electrons. The van der Waals surface area contributed by atoms with Crippen LogP contribution in [0, 0.1) is 0 Å². The zero-order chi connectivity index (χ0) is 13.8. The zero-order valence-corrected chi connectivity index (χ0v) is 10.9. The van der Waals surface area contributed by atoms with Crippen LogP contribution in [0.4, 0.5) is 11.4 Å². The van der Waals surface area contributed by atoms with Crippen LogP contribution in [-0.4, -0.2) is 22.3 Å². The molecule has 0 saturated carbocycles. The third-order valence-electron chi connectivity index (χ3n) is 2.62. The van der Waals surface area contributed by atoms with Crippen LogP contribution in [0.5, 0.6) is 5.75 Å². The summed E-state index contributed by atoms with van der Waals surface area (Å²) in [6, 6.07) is 7.24. The van der Waals surface area contributed by atoms with Crippen LogP contribution in [0.15, 0.2) is 30.5 Å². The smallest absolute Gasteiger partial charge is 0.276 e. The second-order valence-corrected chi connectivity index (χ2v) is 3.96. The van der Waals surface area contributed by atoms with Gasteiger partial charge in [0.1, 0.15) is 11.4 Å². The lowest BCUT2D eigenvalue weighted by atomic mass is 10.2. The summed E-state index contributed by atoms with van der Waals surface area (Å²) in [6.45, 7) is 2.42. The van der Waals surface area contributed by atoms with Gasteiger partial charge in [0.15, 0.2) is 0 Å². The number of anilines is 2. The van der Waals surface area contributed by atoms with Gasteiger partial charge >= 0.3 is 0 Å². The molecular weight excluding hydrogens is 244 g/mol. The van der Waals surface area contributed by atoms with Gasteiger partial charge in [-0.15, -0.1) is 0 Å². The Morgan fingerprint density at radius 3 is 2.84 bits per heavy atom. The Hall–Kier alpha value is -2.50. The molecule has 19 heavy (non-hydrogen) atoms. The first-order valence-electron chi connectivity index (χ1n) is 5.94. The molecule has 6 heteroatoms. The number of hydrogen-bond acceptors (Lipinski definition) is 4. The number of carbonyl (C=O) groups excluding carboxylic acids is 1. The van der Waals surface area contributed by atoms with E-state index >= 15 is 0 Å². The van der Waals surface area contributed by atoms with Crippen molar-refractivity contribution in [2.24, 2.45) is 7.05 Å². The van der Waals surface area contributed by atoms with Gasteiger partial charge in [0.2, 0.25) is 0 Å². The van der Waals surface area contributed by atoms with Crippen molar-refractivity contribution in [1.82, 2.24) is 9.78 Å². The normalized spacial score (nSPS) is 10.2. The number of benzene rings is 1. The maximum atomic E-state index is 12.2. The van der Waals surface area contributed by atoms with E-state index in [-0.39, 0.29) is 5.91 Å². The number of aryl methyl sites for hydroxylation is 1. The molecule has 0 aliphatic rings. The maximum absolute atomic E-state index is 12.2. The second-order valence-electron chi connectivity index (χ2n) is 3.96. The predicted molar refractivity (Wildman–Crippen MR) is 73.2 cm³/mol. The molecule has 1 heterocycles.